The molecule has 8 heteroatoms. The first kappa shape index (κ1) is 21.0. The predicted octanol–water partition coefficient (Wildman–Crippen LogP) is 3.82. The Kier molecular flexibility index (Phi) is 6.61. The number of amides is 1. The van der Waals surface area contributed by atoms with Crippen LogP contribution < -0.4 is 15.0 Å². The van der Waals surface area contributed by atoms with Crippen LogP contribution in [0.5, 0.6) is 5.75 Å². The third kappa shape index (κ3) is 5.85. The number of nitrogens with one attached hydrogen (secondary N) is 1. The molecule has 0 atom stereocenters. The Labute approximate surface area is 167 Å². The van der Waals surface area contributed by atoms with Crippen LogP contribution in [0.15, 0.2) is 42.6 Å². The van der Waals surface area contributed by atoms with Gasteiger partial charge in [-0.15, -0.1) is 0 Å². The van der Waals surface area contributed by atoms with Crippen LogP contribution in [0.4, 0.5) is 19.0 Å². The van der Waals surface area contributed by atoms with Gasteiger partial charge in [0.25, 0.3) is 0 Å². The van der Waals surface area contributed by atoms with Gasteiger partial charge in [0.1, 0.15) is 18.2 Å². The number of aryl methyl sites for hydroxylation is 1. The lowest BCUT2D eigenvalue weighted by Crippen LogP contribution is -2.41. The van der Waals surface area contributed by atoms with Gasteiger partial charge in [-0.05, 0) is 49.6 Å². The molecule has 0 aliphatic carbocycles. The standard InChI is InChI=1S/C21H24F3N3O2/c1-15-3-2-4-18(13-15)29-12-9-25-20(28)16-7-10-27(11-8-16)19-6-5-17(14-26-19)21(22,23)24/h2-6,13-14,16H,7-12H2,1H3,(H,25,28). The summed E-state index contributed by atoms with van der Waals surface area (Å²) in [4.78, 5) is 18.2. The lowest BCUT2D eigenvalue weighted by molar-refractivity contribution is -0.137. The number of rotatable bonds is 6. The second-order valence-electron chi connectivity index (χ2n) is 7.12. The van der Waals surface area contributed by atoms with E-state index in [1.807, 2.05) is 36.1 Å². The summed E-state index contributed by atoms with van der Waals surface area (Å²) < 4.78 is 43.5. The minimum Gasteiger partial charge on any atom is -0.492 e. The lowest BCUT2D eigenvalue weighted by Gasteiger charge is -2.32. The number of carbonyl (C=O) groups excluding carboxylic acids is 1. The lowest BCUT2D eigenvalue weighted by atomic mass is 9.96. The van der Waals surface area contributed by atoms with Crippen LogP contribution in [0.1, 0.15) is 24.0 Å². The molecule has 156 valence electrons. The van der Waals surface area contributed by atoms with Crippen LogP contribution in [-0.4, -0.2) is 37.1 Å². The minimum absolute atomic E-state index is 0.0159. The number of benzene rings is 1. The van der Waals surface area contributed by atoms with Gasteiger partial charge in [0.15, 0.2) is 0 Å². The van der Waals surface area contributed by atoms with E-state index >= 15 is 0 Å². The predicted molar refractivity (Wildman–Crippen MR) is 104 cm³/mol. The monoisotopic (exact) mass is 407 g/mol. The summed E-state index contributed by atoms with van der Waals surface area (Å²) >= 11 is 0. The van der Waals surface area contributed by atoms with E-state index in [1.165, 1.54) is 6.07 Å². The third-order valence-corrected chi connectivity index (χ3v) is 4.92. The summed E-state index contributed by atoms with van der Waals surface area (Å²) in [5, 5.41) is 2.89. The number of aromatic nitrogens is 1. The van der Waals surface area contributed by atoms with Crippen LogP contribution >= 0.6 is 0 Å². The minimum atomic E-state index is -4.39. The summed E-state index contributed by atoms with van der Waals surface area (Å²) in [7, 11) is 0. The van der Waals surface area contributed by atoms with E-state index in [0.717, 1.165) is 23.6 Å². The molecule has 2 aromatic rings. The van der Waals surface area contributed by atoms with E-state index in [9.17, 15) is 18.0 Å². The number of hydrogen-bond acceptors (Lipinski definition) is 4. The number of ether oxygens (including phenoxy) is 1. The maximum Gasteiger partial charge on any atom is 0.417 e. The first-order valence-electron chi connectivity index (χ1n) is 9.58. The first-order valence-corrected chi connectivity index (χ1v) is 9.58. The Bertz CT molecular complexity index is 817. The Morgan fingerprint density at radius 2 is 2.00 bits per heavy atom. The molecule has 1 fully saturated rings. The zero-order chi connectivity index (χ0) is 20.9. The van der Waals surface area contributed by atoms with Crippen LogP contribution in [0.3, 0.4) is 0 Å². The number of pyridine rings is 1. The van der Waals surface area contributed by atoms with Gasteiger partial charge >= 0.3 is 6.18 Å². The van der Waals surface area contributed by atoms with Gasteiger partial charge in [0, 0.05) is 25.2 Å². The van der Waals surface area contributed by atoms with Gasteiger partial charge < -0.3 is 15.0 Å². The van der Waals surface area contributed by atoms with Crippen molar-refractivity contribution in [1.82, 2.24) is 10.3 Å². The average molecular weight is 407 g/mol. The van der Waals surface area contributed by atoms with Crippen molar-refractivity contribution >= 4 is 11.7 Å². The van der Waals surface area contributed by atoms with Gasteiger partial charge in [-0.1, -0.05) is 12.1 Å². The van der Waals surface area contributed by atoms with Crippen molar-refractivity contribution in [1.29, 1.82) is 0 Å². The highest BCUT2D eigenvalue weighted by molar-refractivity contribution is 5.78. The average Bonchev–Trinajstić information content (AvgIpc) is 2.71. The molecule has 1 saturated heterocycles. The Morgan fingerprint density at radius 3 is 2.62 bits per heavy atom. The van der Waals surface area contributed by atoms with Crippen molar-refractivity contribution in [3.05, 3.63) is 53.7 Å². The Hall–Kier alpha value is -2.77. The highest BCUT2D eigenvalue weighted by atomic mass is 19.4. The molecular formula is C21H24F3N3O2. The molecular weight excluding hydrogens is 383 g/mol. The number of halogens is 3. The maximum atomic E-state index is 12.6. The topological polar surface area (TPSA) is 54.5 Å². The molecule has 3 rings (SSSR count). The highest BCUT2D eigenvalue weighted by Crippen LogP contribution is 2.30. The third-order valence-electron chi connectivity index (χ3n) is 4.92. The van der Waals surface area contributed by atoms with E-state index in [4.69, 9.17) is 4.74 Å². The number of nitrogens with zero attached hydrogens (tertiary/aromatic N) is 2. The fraction of sp³-hybridized carbons (Fsp3) is 0.429. The molecule has 29 heavy (non-hydrogen) atoms. The van der Waals surface area contributed by atoms with Gasteiger partial charge in [-0.2, -0.15) is 13.2 Å². The molecule has 1 aromatic carbocycles. The van der Waals surface area contributed by atoms with Crippen molar-refractivity contribution in [2.75, 3.05) is 31.1 Å². The fourth-order valence-corrected chi connectivity index (χ4v) is 3.30. The fourth-order valence-electron chi connectivity index (χ4n) is 3.30. The maximum absolute atomic E-state index is 12.6. The number of hydrogen-bond donors (Lipinski definition) is 1. The smallest absolute Gasteiger partial charge is 0.417 e. The number of carbonyl (C=O) groups is 1. The number of alkyl halides is 3. The van der Waals surface area contributed by atoms with E-state index in [-0.39, 0.29) is 11.8 Å². The molecule has 0 spiro atoms. The molecule has 0 unspecified atom stereocenters. The van der Waals surface area contributed by atoms with Crippen molar-refractivity contribution in [3.63, 3.8) is 0 Å². The molecule has 1 aliphatic rings. The summed E-state index contributed by atoms with van der Waals surface area (Å²) in [5.74, 6) is 1.15. The van der Waals surface area contributed by atoms with E-state index in [2.05, 4.69) is 10.3 Å². The summed E-state index contributed by atoms with van der Waals surface area (Å²) in [6.07, 6.45) is -2.28. The van der Waals surface area contributed by atoms with E-state index in [0.29, 0.717) is 44.9 Å². The highest BCUT2D eigenvalue weighted by Gasteiger charge is 2.31. The molecule has 1 amide bonds. The van der Waals surface area contributed by atoms with E-state index in [1.54, 1.807) is 0 Å². The van der Waals surface area contributed by atoms with Crippen molar-refractivity contribution in [2.45, 2.75) is 25.9 Å². The quantitative estimate of drug-likeness (QED) is 0.740. The van der Waals surface area contributed by atoms with Gasteiger partial charge in [0.2, 0.25) is 5.91 Å². The van der Waals surface area contributed by atoms with Crippen LogP contribution in [-0.2, 0) is 11.0 Å². The van der Waals surface area contributed by atoms with Crippen LogP contribution in [0.2, 0.25) is 0 Å². The first-order chi connectivity index (χ1) is 13.8. The number of piperidine rings is 1. The second-order valence-corrected chi connectivity index (χ2v) is 7.12. The van der Waals surface area contributed by atoms with Crippen LogP contribution in [0.25, 0.3) is 0 Å². The SMILES string of the molecule is Cc1cccc(OCCNC(=O)C2CCN(c3ccc(C(F)(F)F)cn3)CC2)c1. The molecule has 0 bridgehead atoms. The van der Waals surface area contributed by atoms with Crippen molar-refractivity contribution in [2.24, 2.45) is 5.92 Å². The normalized spacial score (nSPS) is 15.2. The Morgan fingerprint density at radius 1 is 1.24 bits per heavy atom. The summed E-state index contributed by atoms with van der Waals surface area (Å²) in [6, 6.07) is 10.1. The molecule has 2 heterocycles. The zero-order valence-electron chi connectivity index (χ0n) is 16.2. The van der Waals surface area contributed by atoms with Gasteiger partial charge in [-0.3, -0.25) is 4.79 Å². The number of anilines is 1. The Balaban J connectivity index is 1.40. The van der Waals surface area contributed by atoms with Crippen molar-refractivity contribution in [3.8, 4) is 5.75 Å². The second kappa shape index (κ2) is 9.15. The molecule has 0 saturated carbocycles. The molecule has 1 N–H and O–H groups in total. The summed E-state index contributed by atoms with van der Waals surface area (Å²) in [6.45, 7) is 3.96. The van der Waals surface area contributed by atoms with Gasteiger partial charge in [-0.25, -0.2) is 4.98 Å². The van der Waals surface area contributed by atoms with E-state index < -0.39 is 11.7 Å². The summed E-state index contributed by atoms with van der Waals surface area (Å²) in [5.41, 5.74) is 0.351. The largest absolute Gasteiger partial charge is 0.492 e. The zero-order valence-corrected chi connectivity index (χ0v) is 16.2. The molecule has 5 nitrogen and oxygen atoms in total. The van der Waals surface area contributed by atoms with Gasteiger partial charge in [0.05, 0.1) is 12.1 Å². The van der Waals surface area contributed by atoms with Crippen molar-refractivity contribution < 1.29 is 22.7 Å². The molecule has 0 radical (unpaired) electrons. The molecule has 1 aromatic heterocycles. The molecule has 1 aliphatic heterocycles. The van der Waals surface area contributed by atoms with Crippen LogP contribution in [0, 0.1) is 12.8 Å².